The molecule has 2 N–H and O–H groups in total. The molecule has 0 bridgehead atoms. The molecule has 0 aliphatic heterocycles. The molecule has 0 saturated carbocycles. The number of urea groups is 1. The molecule has 1 aromatic rings. The van der Waals surface area contributed by atoms with Crippen LogP contribution in [0, 0.1) is 0 Å². The molecule has 19 heavy (non-hydrogen) atoms. The molecule has 1 heterocycles. The molecular weight excluding hydrogens is 264 g/mol. The molecule has 1 atom stereocenters. The van der Waals surface area contributed by atoms with Gasteiger partial charge in [0.15, 0.2) is 0 Å². The third kappa shape index (κ3) is 5.74. The van der Waals surface area contributed by atoms with Crippen LogP contribution in [0.15, 0.2) is 17.5 Å². The molecule has 0 aliphatic rings. The van der Waals surface area contributed by atoms with Crippen molar-refractivity contribution in [2.45, 2.75) is 32.7 Å². The van der Waals surface area contributed by atoms with Gasteiger partial charge in [-0.1, -0.05) is 6.07 Å². The van der Waals surface area contributed by atoms with E-state index in [1.165, 1.54) is 9.78 Å². The van der Waals surface area contributed by atoms with Gasteiger partial charge in [0.2, 0.25) is 0 Å². The first kappa shape index (κ1) is 15.5. The quantitative estimate of drug-likeness (QED) is 0.806. The molecule has 0 fully saturated rings. The van der Waals surface area contributed by atoms with Crippen LogP contribution >= 0.6 is 11.3 Å². The van der Waals surface area contributed by atoms with E-state index < -0.39 is 5.97 Å². The van der Waals surface area contributed by atoms with Gasteiger partial charge in [-0.05, 0) is 25.3 Å². The van der Waals surface area contributed by atoms with E-state index in [1.54, 1.807) is 11.3 Å². The van der Waals surface area contributed by atoms with Crippen LogP contribution in [0.2, 0.25) is 0 Å². The summed E-state index contributed by atoms with van der Waals surface area (Å²) in [5.74, 6) is -0.891. The molecule has 106 valence electrons. The maximum atomic E-state index is 12.0. The number of hydrogen-bond acceptors (Lipinski definition) is 3. The minimum absolute atomic E-state index is 0.0272. The first-order valence-electron chi connectivity index (χ1n) is 6.32. The van der Waals surface area contributed by atoms with E-state index in [9.17, 15) is 9.59 Å². The maximum Gasteiger partial charge on any atom is 0.317 e. The van der Waals surface area contributed by atoms with Crippen LogP contribution in [0.1, 0.15) is 25.1 Å². The predicted molar refractivity (Wildman–Crippen MR) is 75.5 cm³/mol. The molecule has 0 aromatic carbocycles. The second kappa shape index (κ2) is 7.78. The van der Waals surface area contributed by atoms with Crippen molar-refractivity contribution in [2.24, 2.45) is 0 Å². The van der Waals surface area contributed by atoms with Crippen molar-refractivity contribution in [3.63, 3.8) is 0 Å². The molecule has 1 rings (SSSR count). The van der Waals surface area contributed by atoms with Crippen molar-refractivity contribution in [1.82, 2.24) is 10.2 Å². The lowest BCUT2D eigenvalue weighted by Gasteiger charge is -2.23. The van der Waals surface area contributed by atoms with E-state index >= 15 is 0 Å². The number of carbonyl (C=O) groups is 2. The van der Waals surface area contributed by atoms with Gasteiger partial charge >= 0.3 is 12.0 Å². The van der Waals surface area contributed by atoms with Crippen molar-refractivity contribution in [3.8, 4) is 0 Å². The monoisotopic (exact) mass is 284 g/mol. The van der Waals surface area contributed by atoms with Gasteiger partial charge in [0.1, 0.15) is 0 Å². The lowest BCUT2D eigenvalue weighted by atomic mass is 10.2. The van der Waals surface area contributed by atoms with Crippen molar-refractivity contribution in [3.05, 3.63) is 22.4 Å². The fourth-order valence-corrected chi connectivity index (χ4v) is 2.55. The third-order valence-electron chi connectivity index (χ3n) is 2.72. The van der Waals surface area contributed by atoms with E-state index in [0.29, 0.717) is 6.54 Å². The zero-order valence-corrected chi connectivity index (χ0v) is 12.1. The van der Waals surface area contributed by atoms with Gasteiger partial charge in [-0.25, -0.2) is 4.79 Å². The van der Waals surface area contributed by atoms with Crippen molar-refractivity contribution >= 4 is 23.3 Å². The summed E-state index contributed by atoms with van der Waals surface area (Å²) in [6.07, 6.45) is 0.764. The van der Waals surface area contributed by atoms with Gasteiger partial charge < -0.3 is 15.3 Å². The number of nitrogens with one attached hydrogen (secondary N) is 1. The molecule has 1 unspecified atom stereocenters. The van der Waals surface area contributed by atoms with Crippen LogP contribution in [0.3, 0.4) is 0 Å². The van der Waals surface area contributed by atoms with Crippen molar-refractivity contribution < 1.29 is 14.7 Å². The van der Waals surface area contributed by atoms with Crippen LogP contribution < -0.4 is 5.32 Å². The summed E-state index contributed by atoms with van der Waals surface area (Å²) < 4.78 is 0. The van der Waals surface area contributed by atoms with Crippen LogP contribution in [0.4, 0.5) is 4.79 Å². The van der Waals surface area contributed by atoms with Gasteiger partial charge in [0, 0.05) is 30.4 Å². The molecule has 0 radical (unpaired) electrons. The lowest BCUT2D eigenvalue weighted by molar-refractivity contribution is -0.137. The molecule has 5 nitrogen and oxygen atoms in total. The van der Waals surface area contributed by atoms with Crippen LogP contribution in [0.25, 0.3) is 0 Å². The second-order valence-corrected chi connectivity index (χ2v) is 5.39. The zero-order valence-electron chi connectivity index (χ0n) is 11.3. The number of carboxylic acids is 1. The van der Waals surface area contributed by atoms with Gasteiger partial charge in [0.05, 0.1) is 6.42 Å². The molecule has 0 spiro atoms. The Morgan fingerprint density at radius 1 is 1.53 bits per heavy atom. The number of amides is 2. The van der Waals surface area contributed by atoms with Gasteiger partial charge in [-0.15, -0.1) is 11.3 Å². The highest BCUT2D eigenvalue weighted by atomic mass is 32.1. The van der Waals surface area contributed by atoms with E-state index in [1.807, 2.05) is 31.4 Å². The van der Waals surface area contributed by atoms with Gasteiger partial charge in [-0.3, -0.25) is 4.79 Å². The second-order valence-electron chi connectivity index (χ2n) is 4.36. The number of carbonyl (C=O) groups excluding carboxylic acids is 1. The largest absolute Gasteiger partial charge is 0.481 e. The Morgan fingerprint density at radius 3 is 2.79 bits per heavy atom. The third-order valence-corrected chi connectivity index (χ3v) is 3.62. The minimum atomic E-state index is -0.891. The smallest absolute Gasteiger partial charge is 0.317 e. The fraction of sp³-hybridized carbons (Fsp3) is 0.538. The van der Waals surface area contributed by atoms with Gasteiger partial charge in [0.25, 0.3) is 0 Å². The van der Waals surface area contributed by atoms with E-state index in [-0.39, 0.29) is 25.0 Å². The molecule has 0 saturated heterocycles. The van der Waals surface area contributed by atoms with Crippen molar-refractivity contribution in [1.29, 1.82) is 0 Å². The number of rotatable bonds is 7. The number of hydrogen-bond donors (Lipinski definition) is 2. The van der Waals surface area contributed by atoms with E-state index in [4.69, 9.17) is 5.11 Å². The summed E-state index contributed by atoms with van der Waals surface area (Å²) in [6, 6.07) is 3.85. The summed E-state index contributed by atoms with van der Waals surface area (Å²) in [5, 5.41) is 13.5. The Kier molecular flexibility index (Phi) is 6.35. The Labute approximate surface area is 117 Å². The number of thiophene rings is 1. The first-order valence-corrected chi connectivity index (χ1v) is 7.20. The number of carboxylic acid groups (broad SMARTS) is 1. The number of nitrogens with zero attached hydrogens (tertiary/aromatic N) is 1. The average molecular weight is 284 g/mol. The topological polar surface area (TPSA) is 69.6 Å². The van der Waals surface area contributed by atoms with Crippen molar-refractivity contribution in [2.75, 3.05) is 13.1 Å². The Hall–Kier alpha value is -1.56. The SMILES string of the molecule is CCN(CCC(=O)O)C(=O)NC(C)Cc1cccs1. The first-order chi connectivity index (χ1) is 9.02. The summed E-state index contributed by atoms with van der Waals surface area (Å²) in [5.41, 5.74) is 0. The summed E-state index contributed by atoms with van der Waals surface area (Å²) in [7, 11) is 0. The van der Waals surface area contributed by atoms with E-state index in [0.717, 1.165) is 6.42 Å². The molecule has 1 aromatic heterocycles. The average Bonchev–Trinajstić information content (AvgIpc) is 2.81. The fourth-order valence-electron chi connectivity index (χ4n) is 1.72. The summed E-state index contributed by atoms with van der Waals surface area (Å²) >= 11 is 1.66. The van der Waals surface area contributed by atoms with Crippen LogP contribution in [0.5, 0.6) is 0 Å². The molecule has 0 aliphatic carbocycles. The Bertz CT molecular complexity index is 406. The van der Waals surface area contributed by atoms with Gasteiger partial charge in [-0.2, -0.15) is 0 Å². The highest BCUT2D eigenvalue weighted by Crippen LogP contribution is 2.11. The molecule has 2 amide bonds. The predicted octanol–water partition coefficient (Wildman–Crippen LogP) is 2.19. The maximum absolute atomic E-state index is 12.0. The Morgan fingerprint density at radius 2 is 2.26 bits per heavy atom. The standard InChI is InChI=1S/C13H20N2O3S/c1-3-15(7-6-12(16)17)13(18)14-10(2)9-11-5-4-8-19-11/h4-5,8,10H,3,6-7,9H2,1-2H3,(H,14,18)(H,16,17). The zero-order chi connectivity index (χ0) is 14.3. The number of aliphatic carboxylic acids is 1. The molecular formula is C13H20N2O3S. The summed E-state index contributed by atoms with van der Waals surface area (Å²) in [6.45, 7) is 4.53. The van der Waals surface area contributed by atoms with Crippen LogP contribution in [-0.4, -0.2) is 41.1 Å². The van der Waals surface area contributed by atoms with E-state index in [2.05, 4.69) is 5.32 Å². The highest BCUT2D eigenvalue weighted by Gasteiger charge is 2.15. The lowest BCUT2D eigenvalue weighted by Crippen LogP contribution is -2.45. The minimum Gasteiger partial charge on any atom is -0.481 e. The highest BCUT2D eigenvalue weighted by molar-refractivity contribution is 7.09. The summed E-state index contributed by atoms with van der Waals surface area (Å²) in [4.78, 5) is 25.2. The van der Waals surface area contributed by atoms with Crippen LogP contribution in [-0.2, 0) is 11.2 Å². The molecule has 6 heteroatoms. The Balaban J connectivity index is 2.40. The normalized spacial score (nSPS) is 11.9.